The van der Waals surface area contributed by atoms with Gasteiger partial charge >= 0.3 is 0 Å². The number of hydrogen-bond donors (Lipinski definition) is 1. The highest BCUT2D eigenvalue weighted by Crippen LogP contribution is 2.28. The summed E-state index contributed by atoms with van der Waals surface area (Å²) in [6, 6.07) is 0. The molecule has 0 spiro atoms. The average Bonchev–Trinajstić information content (AvgIpc) is 2.10. The van der Waals surface area contributed by atoms with Crippen molar-refractivity contribution in [2.45, 2.75) is 38.7 Å². The predicted octanol–water partition coefficient (Wildman–Crippen LogP) is 1.14. The van der Waals surface area contributed by atoms with Crippen LogP contribution >= 0.6 is 0 Å². The molecule has 0 radical (unpaired) electrons. The molecule has 0 saturated carbocycles. The van der Waals surface area contributed by atoms with Crippen molar-refractivity contribution in [1.29, 1.82) is 0 Å². The molecule has 0 aromatic heterocycles. The summed E-state index contributed by atoms with van der Waals surface area (Å²) in [4.78, 5) is 0. The molecule has 12 heavy (non-hydrogen) atoms. The van der Waals surface area contributed by atoms with E-state index in [0.29, 0.717) is 0 Å². The molecule has 0 amide bonds. The summed E-state index contributed by atoms with van der Waals surface area (Å²) >= 11 is 0. The minimum atomic E-state index is 0.130. The SMILES string of the molecule is CCOC1(CC)CCN(N)CC1. The lowest BCUT2D eigenvalue weighted by Crippen LogP contribution is -2.48. The van der Waals surface area contributed by atoms with E-state index in [0.717, 1.165) is 39.0 Å². The minimum Gasteiger partial charge on any atom is -0.375 e. The largest absolute Gasteiger partial charge is 0.375 e. The van der Waals surface area contributed by atoms with Gasteiger partial charge < -0.3 is 4.74 Å². The third-order valence-corrected chi connectivity index (χ3v) is 2.80. The number of hydrazine groups is 1. The van der Waals surface area contributed by atoms with Crippen molar-refractivity contribution in [2.75, 3.05) is 19.7 Å². The fourth-order valence-corrected chi connectivity index (χ4v) is 1.84. The summed E-state index contributed by atoms with van der Waals surface area (Å²) < 4.78 is 5.79. The van der Waals surface area contributed by atoms with Crippen LogP contribution in [0.15, 0.2) is 0 Å². The lowest BCUT2D eigenvalue weighted by Gasteiger charge is -2.39. The van der Waals surface area contributed by atoms with Gasteiger partial charge in [0, 0.05) is 19.7 Å². The van der Waals surface area contributed by atoms with Gasteiger partial charge in [-0.3, -0.25) is 5.84 Å². The second-order valence-corrected chi connectivity index (χ2v) is 3.51. The van der Waals surface area contributed by atoms with Crippen molar-refractivity contribution in [3.8, 4) is 0 Å². The van der Waals surface area contributed by atoms with Gasteiger partial charge in [-0.25, -0.2) is 5.01 Å². The third-order valence-electron chi connectivity index (χ3n) is 2.80. The fourth-order valence-electron chi connectivity index (χ4n) is 1.84. The summed E-state index contributed by atoms with van der Waals surface area (Å²) in [6.45, 7) is 7.01. The van der Waals surface area contributed by atoms with Crippen LogP contribution in [0.2, 0.25) is 0 Å². The Balaban J connectivity index is 2.45. The van der Waals surface area contributed by atoms with Crippen molar-refractivity contribution in [2.24, 2.45) is 5.84 Å². The molecule has 1 rings (SSSR count). The van der Waals surface area contributed by atoms with Crippen molar-refractivity contribution < 1.29 is 4.74 Å². The number of nitrogens with zero attached hydrogens (tertiary/aromatic N) is 1. The highest BCUT2D eigenvalue weighted by Gasteiger charge is 2.32. The molecule has 2 N–H and O–H groups in total. The Morgan fingerprint density at radius 1 is 1.33 bits per heavy atom. The van der Waals surface area contributed by atoms with E-state index < -0.39 is 0 Å². The standard InChI is InChI=1S/C9H20N2O/c1-3-9(12-4-2)5-7-11(10)8-6-9/h3-8,10H2,1-2H3. The average molecular weight is 172 g/mol. The molecule has 1 heterocycles. The summed E-state index contributed by atoms with van der Waals surface area (Å²) in [5, 5.41) is 1.88. The van der Waals surface area contributed by atoms with Crippen LogP contribution in [0, 0.1) is 0 Å². The number of hydrogen-bond acceptors (Lipinski definition) is 3. The van der Waals surface area contributed by atoms with Gasteiger partial charge in [0.2, 0.25) is 0 Å². The van der Waals surface area contributed by atoms with Crippen molar-refractivity contribution in [3.63, 3.8) is 0 Å². The number of rotatable bonds is 3. The number of piperidine rings is 1. The maximum Gasteiger partial charge on any atom is 0.0705 e. The summed E-state index contributed by atoms with van der Waals surface area (Å²) in [6.07, 6.45) is 3.26. The lowest BCUT2D eigenvalue weighted by molar-refractivity contribution is -0.0816. The van der Waals surface area contributed by atoms with Crippen LogP contribution in [0.25, 0.3) is 0 Å². The van der Waals surface area contributed by atoms with E-state index in [2.05, 4.69) is 13.8 Å². The molecule has 1 saturated heterocycles. The third kappa shape index (κ3) is 2.19. The first-order chi connectivity index (χ1) is 5.72. The van der Waals surface area contributed by atoms with Crippen molar-refractivity contribution in [1.82, 2.24) is 5.01 Å². The van der Waals surface area contributed by atoms with Crippen molar-refractivity contribution in [3.05, 3.63) is 0 Å². The lowest BCUT2D eigenvalue weighted by atomic mass is 9.89. The van der Waals surface area contributed by atoms with Gasteiger partial charge in [-0.05, 0) is 26.2 Å². The second kappa shape index (κ2) is 4.21. The first-order valence-electron chi connectivity index (χ1n) is 4.86. The zero-order valence-corrected chi connectivity index (χ0v) is 8.18. The molecule has 3 nitrogen and oxygen atoms in total. The number of nitrogens with two attached hydrogens (primary N) is 1. The summed E-state index contributed by atoms with van der Waals surface area (Å²) in [7, 11) is 0. The second-order valence-electron chi connectivity index (χ2n) is 3.51. The van der Waals surface area contributed by atoms with E-state index in [-0.39, 0.29) is 5.60 Å². The molecule has 0 unspecified atom stereocenters. The Bertz CT molecular complexity index is 130. The minimum absolute atomic E-state index is 0.130. The Morgan fingerprint density at radius 3 is 2.33 bits per heavy atom. The zero-order valence-electron chi connectivity index (χ0n) is 8.18. The van der Waals surface area contributed by atoms with E-state index in [1.807, 2.05) is 5.01 Å². The Kier molecular flexibility index (Phi) is 3.50. The fraction of sp³-hybridized carbons (Fsp3) is 1.00. The zero-order chi connectivity index (χ0) is 9.03. The van der Waals surface area contributed by atoms with Crippen LogP contribution in [-0.4, -0.2) is 30.3 Å². The highest BCUT2D eigenvalue weighted by molar-refractivity contribution is 4.84. The van der Waals surface area contributed by atoms with Crippen LogP contribution in [0.3, 0.4) is 0 Å². The monoisotopic (exact) mass is 172 g/mol. The number of ether oxygens (including phenoxy) is 1. The molecule has 0 aromatic carbocycles. The predicted molar refractivity (Wildman–Crippen MR) is 49.6 cm³/mol. The molecule has 1 aliphatic rings. The quantitative estimate of drug-likeness (QED) is 0.649. The normalized spacial score (nSPS) is 24.2. The van der Waals surface area contributed by atoms with E-state index in [1.54, 1.807) is 0 Å². The van der Waals surface area contributed by atoms with Crippen LogP contribution < -0.4 is 5.84 Å². The molecule has 3 heteroatoms. The van der Waals surface area contributed by atoms with Gasteiger partial charge in [-0.1, -0.05) is 6.92 Å². The summed E-state index contributed by atoms with van der Waals surface area (Å²) in [5.41, 5.74) is 0.130. The van der Waals surface area contributed by atoms with Crippen LogP contribution in [0.4, 0.5) is 0 Å². The highest BCUT2D eigenvalue weighted by atomic mass is 16.5. The molecule has 1 aliphatic heterocycles. The topological polar surface area (TPSA) is 38.5 Å². The first kappa shape index (κ1) is 9.96. The van der Waals surface area contributed by atoms with E-state index in [1.165, 1.54) is 0 Å². The Morgan fingerprint density at radius 2 is 1.92 bits per heavy atom. The molecule has 72 valence electrons. The first-order valence-corrected chi connectivity index (χ1v) is 4.86. The van der Waals surface area contributed by atoms with E-state index in [9.17, 15) is 0 Å². The van der Waals surface area contributed by atoms with Gasteiger partial charge in [0.05, 0.1) is 5.60 Å². The maximum absolute atomic E-state index is 5.79. The molecular weight excluding hydrogens is 152 g/mol. The van der Waals surface area contributed by atoms with Gasteiger partial charge in [0.25, 0.3) is 0 Å². The molecule has 0 aromatic rings. The van der Waals surface area contributed by atoms with Gasteiger partial charge in [-0.2, -0.15) is 0 Å². The van der Waals surface area contributed by atoms with Crippen LogP contribution in [0.5, 0.6) is 0 Å². The smallest absolute Gasteiger partial charge is 0.0705 e. The molecule has 0 aliphatic carbocycles. The van der Waals surface area contributed by atoms with Crippen LogP contribution in [0.1, 0.15) is 33.1 Å². The van der Waals surface area contributed by atoms with Crippen LogP contribution in [-0.2, 0) is 4.74 Å². The molecular formula is C9H20N2O. The van der Waals surface area contributed by atoms with E-state index in [4.69, 9.17) is 10.6 Å². The summed E-state index contributed by atoms with van der Waals surface area (Å²) in [5.74, 6) is 5.68. The Labute approximate surface area is 74.8 Å². The molecule has 1 fully saturated rings. The van der Waals surface area contributed by atoms with Gasteiger partial charge in [-0.15, -0.1) is 0 Å². The molecule has 0 atom stereocenters. The molecule has 0 bridgehead atoms. The Hall–Kier alpha value is -0.120. The van der Waals surface area contributed by atoms with E-state index >= 15 is 0 Å². The van der Waals surface area contributed by atoms with Crippen molar-refractivity contribution >= 4 is 0 Å². The van der Waals surface area contributed by atoms with Gasteiger partial charge in [0.1, 0.15) is 0 Å². The maximum atomic E-state index is 5.79. The van der Waals surface area contributed by atoms with Gasteiger partial charge in [0.15, 0.2) is 0 Å².